The largest absolute Gasteiger partial charge is 0.497 e. The minimum atomic E-state index is -0.670. The molecule has 0 unspecified atom stereocenters. The number of primary amides is 1. The van der Waals surface area contributed by atoms with E-state index in [4.69, 9.17) is 27.5 Å². The third kappa shape index (κ3) is 4.00. The van der Waals surface area contributed by atoms with Crippen LogP contribution in [0.4, 0.5) is 0 Å². The number of pyridine rings is 1. The summed E-state index contributed by atoms with van der Waals surface area (Å²) >= 11 is 5.95. The summed E-state index contributed by atoms with van der Waals surface area (Å²) in [6.45, 7) is 0.400. The molecule has 0 saturated heterocycles. The molecule has 1 amide bonds. The summed E-state index contributed by atoms with van der Waals surface area (Å²) in [5, 5.41) is 8.35. The summed E-state index contributed by atoms with van der Waals surface area (Å²) in [6, 6.07) is 8.85. The lowest BCUT2D eigenvalue weighted by Crippen LogP contribution is -2.29. The second-order valence-corrected chi connectivity index (χ2v) is 4.70. The van der Waals surface area contributed by atoms with Crippen molar-refractivity contribution in [2.75, 3.05) is 7.11 Å². The van der Waals surface area contributed by atoms with Crippen molar-refractivity contribution < 1.29 is 9.53 Å². The molecule has 0 radical (unpaired) electrons. The van der Waals surface area contributed by atoms with Crippen molar-refractivity contribution in [2.24, 2.45) is 5.73 Å². The number of rotatable bonds is 4. The monoisotopic (exact) mass is 327 g/mol. The highest BCUT2D eigenvalue weighted by Crippen LogP contribution is 2.14. The van der Waals surface area contributed by atoms with E-state index in [1.807, 2.05) is 24.3 Å². The molecule has 0 aliphatic rings. The lowest BCUT2D eigenvalue weighted by atomic mass is 10.2. The van der Waals surface area contributed by atoms with E-state index in [9.17, 15) is 4.79 Å². The number of nitrogens with two attached hydrogens (primary N) is 1. The molecule has 0 fully saturated rings. The van der Waals surface area contributed by atoms with Crippen molar-refractivity contribution >= 4 is 29.9 Å². The van der Waals surface area contributed by atoms with Crippen LogP contribution in [0.5, 0.6) is 5.75 Å². The summed E-state index contributed by atoms with van der Waals surface area (Å²) in [4.78, 5) is 11.3. The molecular formula is C14H15Cl2N3O2. The molecule has 112 valence electrons. The topological polar surface area (TPSA) is 81.1 Å². The molecule has 21 heavy (non-hydrogen) atoms. The standard InChI is InChI=1S/C14H14ClN3O2.ClH/c1-20-11-4-2-3-9(5-11)7-18-8-10(15)6-12(13(18)16)14(17)19;/h2-6,8,16H,7H2,1H3,(H2,17,19);1H. The van der Waals surface area contributed by atoms with Crippen molar-refractivity contribution in [3.8, 4) is 5.75 Å². The highest BCUT2D eigenvalue weighted by atomic mass is 35.5. The van der Waals surface area contributed by atoms with Gasteiger partial charge in [-0.3, -0.25) is 10.2 Å². The van der Waals surface area contributed by atoms with Crippen molar-refractivity contribution in [1.82, 2.24) is 4.57 Å². The normalized spacial score (nSPS) is 9.81. The number of benzene rings is 1. The molecule has 0 saturated carbocycles. The number of aromatic nitrogens is 1. The summed E-state index contributed by atoms with van der Waals surface area (Å²) < 4.78 is 6.72. The Morgan fingerprint density at radius 3 is 2.76 bits per heavy atom. The first-order valence-corrected chi connectivity index (χ1v) is 6.26. The number of nitrogens with one attached hydrogen (secondary N) is 1. The van der Waals surface area contributed by atoms with Gasteiger partial charge in [-0.25, -0.2) is 0 Å². The Kier molecular flexibility index (Phi) is 5.81. The van der Waals surface area contributed by atoms with Crippen molar-refractivity contribution in [2.45, 2.75) is 6.54 Å². The number of ether oxygens (including phenoxy) is 1. The molecule has 5 nitrogen and oxygen atoms in total. The zero-order chi connectivity index (χ0) is 14.7. The van der Waals surface area contributed by atoms with Crippen LogP contribution in [0, 0.1) is 5.41 Å². The van der Waals surface area contributed by atoms with E-state index in [-0.39, 0.29) is 23.5 Å². The van der Waals surface area contributed by atoms with Gasteiger partial charge in [-0.2, -0.15) is 0 Å². The Labute approximate surface area is 133 Å². The van der Waals surface area contributed by atoms with Gasteiger partial charge in [0, 0.05) is 12.7 Å². The lowest BCUT2D eigenvalue weighted by molar-refractivity contribution is 0.0998. The predicted octanol–water partition coefficient (Wildman–Crippen LogP) is 2.20. The molecular weight excluding hydrogens is 313 g/mol. The van der Waals surface area contributed by atoms with Crippen LogP contribution in [0.3, 0.4) is 0 Å². The third-order valence-corrected chi connectivity index (χ3v) is 3.06. The van der Waals surface area contributed by atoms with Crippen LogP contribution in [-0.2, 0) is 6.54 Å². The second-order valence-electron chi connectivity index (χ2n) is 4.26. The van der Waals surface area contributed by atoms with Crippen molar-refractivity contribution in [3.63, 3.8) is 0 Å². The van der Waals surface area contributed by atoms with E-state index in [1.165, 1.54) is 6.07 Å². The van der Waals surface area contributed by atoms with Gasteiger partial charge in [0.2, 0.25) is 0 Å². The average Bonchev–Trinajstić information content (AvgIpc) is 2.42. The van der Waals surface area contributed by atoms with Crippen molar-refractivity contribution in [3.05, 3.63) is 58.2 Å². The van der Waals surface area contributed by atoms with Gasteiger partial charge in [-0.1, -0.05) is 23.7 Å². The van der Waals surface area contributed by atoms with Crippen LogP contribution in [-0.4, -0.2) is 17.6 Å². The van der Waals surface area contributed by atoms with Gasteiger partial charge in [-0.05, 0) is 23.8 Å². The summed E-state index contributed by atoms with van der Waals surface area (Å²) in [5.74, 6) is 0.0590. The van der Waals surface area contributed by atoms with Gasteiger partial charge in [0.1, 0.15) is 11.2 Å². The Morgan fingerprint density at radius 2 is 2.14 bits per heavy atom. The molecule has 1 aromatic heterocycles. The molecule has 2 rings (SSSR count). The number of methoxy groups -OCH3 is 1. The maximum absolute atomic E-state index is 11.3. The Hall–Kier alpha value is -1.98. The second kappa shape index (κ2) is 7.15. The van der Waals surface area contributed by atoms with E-state index in [0.717, 1.165) is 11.3 Å². The molecule has 0 aliphatic heterocycles. The Balaban J connectivity index is 0.00000220. The van der Waals surface area contributed by atoms with E-state index in [0.29, 0.717) is 11.6 Å². The molecule has 0 spiro atoms. The molecule has 0 bridgehead atoms. The summed E-state index contributed by atoms with van der Waals surface area (Å²) in [6.07, 6.45) is 1.59. The van der Waals surface area contributed by atoms with Crippen LogP contribution < -0.4 is 16.0 Å². The van der Waals surface area contributed by atoms with E-state index in [2.05, 4.69) is 0 Å². The zero-order valence-corrected chi connectivity index (χ0v) is 12.9. The first-order chi connectivity index (χ1) is 9.51. The molecule has 2 aromatic rings. The van der Waals surface area contributed by atoms with E-state index >= 15 is 0 Å². The maximum atomic E-state index is 11.3. The molecule has 3 N–H and O–H groups in total. The van der Waals surface area contributed by atoms with Gasteiger partial charge in [-0.15, -0.1) is 12.4 Å². The number of hydrogen-bond acceptors (Lipinski definition) is 3. The quantitative estimate of drug-likeness (QED) is 0.902. The number of halogens is 2. The SMILES string of the molecule is COc1cccc(Cn2cc(Cl)cc(C(N)=O)c2=N)c1.Cl. The van der Waals surface area contributed by atoms with E-state index in [1.54, 1.807) is 17.9 Å². The van der Waals surface area contributed by atoms with Gasteiger partial charge in [0.25, 0.3) is 5.91 Å². The van der Waals surface area contributed by atoms with Crippen molar-refractivity contribution in [1.29, 1.82) is 5.41 Å². The third-order valence-electron chi connectivity index (χ3n) is 2.86. The predicted molar refractivity (Wildman–Crippen MR) is 83.2 cm³/mol. The Bertz CT molecular complexity index is 714. The molecule has 7 heteroatoms. The smallest absolute Gasteiger partial charge is 0.252 e. The molecule has 1 heterocycles. The van der Waals surface area contributed by atoms with Crippen LogP contribution in [0.2, 0.25) is 5.02 Å². The number of amides is 1. The number of carbonyl (C=O) groups is 1. The maximum Gasteiger partial charge on any atom is 0.252 e. The number of hydrogen-bond donors (Lipinski definition) is 2. The number of carbonyl (C=O) groups excluding carboxylic acids is 1. The summed E-state index contributed by atoms with van der Waals surface area (Å²) in [5.41, 5.74) is 6.30. The molecule has 0 atom stereocenters. The van der Waals surface area contributed by atoms with Crippen LogP contribution >= 0.6 is 24.0 Å². The van der Waals surface area contributed by atoms with Gasteiger partial charge < -0.3 is 15.0 Å². The highest BCUT2D eigenvalue weighted by molar-refractivity contribution is 6.30. The first kappa shape index (κ1) is 17.1. The fourth-order valence-electron chi connectivity index (χ4n) is 1.89. The average molecular weight is 328 g/mol. The zero-order valence-electron chi connectivity index (χ0n) is 11.3. The first-order valence-electron chi connectivity index (χ1n) is 5.88. The number of nitrogens with zero attached hydrogens (tertiary/aromatic N) is 1. The van der Waals surface area contributed by atoms with Gasteiger partial charge in [0.15, 0.2) is 0 Å². The Morgan fingerprint density at radius 1 is 1.43 bits per heavy atom. The molecule has 1 aromatic carbocycles. The lowest BCUT2D eigenvalue weighted by Gasteiger charge is -2.11. The molecule has 0 aliphatic carbocycles. The van der Waals surface area contributed by atoms with E-state index < -0.39 is 5.91 Å². The van der Waals surface area contributed by atoms with Crippen LogP contribution in [0.15, 0.2) is 36.5 Å². The minimum absolute atomic E-state index is 0. The minimum Gasteiger partial charge on any atom is -0.497 e. The van der Waals surface area contributed by atoms with Crippen LogP contribution in [0.25, 0.3) is 0 Å². The van der Waals surface area contributed by atoms with Gasteiger partial charge >= 0.3 is 0 Å². The fourth-order valence-corrected chi connectivity index (χ4v) is 2.12. The fraction of sp³-hybridized carbons (Fsp3) is 0.143. The van der Waals surface area contributed by atoms with Crippen LogP contribution in [0.1, 0.15) is 15.9 Å². The van der Waals surface area contributed by atoms with Gasteiger partial charge in [0.05, 0.1) is 17.7 Å². The summed E-state index contributed by atoms with van der Waals surface area (Å²) in [7, 11) is 1.59. The highest BCUT2D eigenvalue weighted by Gasteiger charge is 2.08.